The maximum Gasteiger partial charge on any atom is 0.306 e. The molecule has 0 saturated carbocycles. The van der Waals surface area contributed by atoms with Gasteiger partial charge in [0.1, 0.15) is 13.2 Å². The second-order valence-electron chi connectivity index (χ2n) is 19.5. The van der Waals surface area contributed by atoms with Crippen LogP contribution in [0.3, 0.4) is 0 Å². The Kier molecular flexibility index (Phi) is 54.8. The van der Waals surface area contributed by atoms with Crippen molar-refractivity contribution in [2.75, 3.05) is 13.2 Å². The van der Waals surface area contributed by atoms with E-state index >= 15 is 0 Å². The topological polar surface area (TPSA) is 78.9 Å². The largest absolute Gasteiger partial charge is 0.462 e. The number of rotatable bonds is 53. The molecule has 0 aromatic rings. The summed E-state index contributed by atoms with van der Waals surface area (Å²) in [4.78, 5) is 38.2. The fraction of sp³-hybridized carbons (Fsp3) is 0.762. The smallest absolute Gasteiger partial charge is 0.306 e. The number of unbranched alkanes of at least 4 members (excludes halogenated alkanes) is 30. The van der Waals surface area contributed by atoms with Crippen molar-refractivity contribution in [1.29, 1.82) is 0 Å². The maximum atomic E-state index is 12.9. The van der Waals surface area contributed by atoms with E-state index in [0.29, 0.717) is 19.3 Å². The summed E-state index contributed by atoms with van der Waals surface area (Å²) >= 11 is 0. The summed E-state index contributed by atoms with van der Waals surface area (Å²) in [7, 11) is 0. The monoisotopic (exact) mass is 963 g/mol. The fourth-order valence-electron chi connectivity index (χ4n) is 8.18. The molecule has 0 aromatic heterocycles. The third-order valence-corrected chi connectivity index (χ3v) is 12.7. The highest BCUT2D eigenvalue weighted by Crippen LogP contribution is 2.15. The molecule has 1 atom stereocenters. The first kappa shape index (κ1) is 65.8. The molecule has 0 aliphatic carbocycles. The second kappa shape index (κ2) is 57.4. The highest BCUT2D eigenvalue weighted by atomic mass is 16.6. The lowest BCUT2D eigenvalue weighted by Gasteiger charge is -2.18. The Labute approximate surface area is 427 Å². The zero-order chi connectivity index (χ0) is 50.0. The average Bonchev–Trinajstić information content (AvgIpc) is 3.35. The molecule has 0 amide bonds. The summed E-state index contributed by atoms with van der Waals surface area (Å²) in [6.07, 6.45) is 73.2. The summed E-state index contributed by atoms with van der Waals surface area (Å²) in [5.74, 6) is -0.927. The van der Waals surface area contributed by atoms with Crippen LogP contribution >= 0.6 is 0 Å². The lowest BCUT2D eigenvalue weighted by Crippen LogP contribution is -2.30. The number of ether oxygens (including phenoxy) is 3. The molecule has 0 aliphatic heterocycles. The molecule has 0 spiro atoms. The van der Waals surface area contributed by atoms with E-state index in [-0.39, 0.29) is 31.1 Å². The Hall–Kier alpha value is -3.15. The van der Waals surface area contributed by atoms with Crippen LogP contribution in [-0.2, 0) is 28.6 Å². The molecule has 0 bridgehead atoms. The van der Waals surface area contributed by atoms with Crippen molar-refractivity contribution in [2.45, 2.75) is 297 Å². The van der Waals surface area contributed by atoms with Crippen molar-refractivity contribution < 1.29 is 28.6 Å². The molecule has 69 heavy (non-hydrogen) atoms. The van der Waals surface area contributed by atoms with Gasteiger partial charge in [0, 0.05) is 19.3 Å². The Morgan fingerprint density at radius 2 is 0.522 bits per heavy atom. The van der Waals surface area contributed by atoms with Crippen molar-refractivity contribution >= 4 is 17.9 Å². The minimum atomic E-state index is -0.795. The Balaban J connectivity index is 4.43. The van der Waals surface area contributed by atoms with E-state index in [9.17, 15) is 14.4 Å². The molecule has 0 N–H and O–H groups in total. The van der Waals surface area contributed by atoms with Crippen molar-refractivity contribution in [1.82, 2.24) is 0 Å². The number of hydrogen-bond acceptors (Lipinski definition) is 6. The first-order chi connectivity index (χ1) is 34.0. The maximum absolute atomic E-state index is 12.9. The van der Waals surface area contributed by atoms with Crippen LogP contribution in [-0.4, -0.2) is 37.2 Å². The molecule has 0 fully saturated rings. The first-order valence-corrected chi connectivity index (χ1v) is 29.4. The lowest BCUT2D eigenvalue weighted by molar-refractivity contribution is -0.167. The van der Waals surface area contributed by atoms with Gasteiger partial charge in [-0.05, 0) is 116 Å². The average molecular weight is 964 g/mol. The van der Waals surface area contributed by atoms with E-state index < -0.39 is 6.10 Å². The third-order valence-electron chi connectivity index (χ3n) is 12.7. The summed E-state index contributed by atoms with van der Waals surface area (Å²) < 4.78 is 16.8. The molecule has 0 aromatic carbocycles. The summed E-state index contributed by atoms with van der Waals surface area (Å²) in [5.41, 5.74) is 0. The molecule has 6 nitrogen and oxygen atoms in total. The van der Waals surface area contributed by atoms with Crippen LogP contribution in [0.2, 0.25) is 0 Å². The summed E-state index contributed by atoms with van der Waals surface area (Å²) in [6, 6.07) is 0. The number of carbonyl (C=O) groups excluding carboxylic acids is 3. The van der Waals surface area contributed by atoms with Crippen LogP contribution in [0.1, 0.15) is 290 Å². The van der Waals surface area contributed by atoms with E-state index in [2.05, 4.69) is 93.7 Å². The first-order valence-electron chi connectivity index (χ1n) is 29.4. The van der Waals surface area contributed by atoms with Gasteiger partial charge in [-0.3, -0.25) is 14.4 Å². The van der Waals surface area contributed by atoms with Gasteiger partial charge in [-0.25, -0.2) is 0 Å². The Bertz CT molecular complexity index is 1290. The van der Waals surface area contributed by atoms with E-state index in [1.165, 1.54) is 161 Å². The summed E-state index contributed by atoms with van der Waals surface area (Å²) in [6.45, 7) is 6.58. The molecule has 398 valence electrons. The highest BCUT2D eigenvalue weighted by Gasteiger charge is 2.19. The van der Waals surface area contributed by atoms with Gasteiger partial charge in [-0.2, -0.15) is 0 Å². The minimum Gasteiger partial charge on any atom is -0.462 e. The molecule has 6 heteroatoms. The standard InChI is InChI=1S/C63H110O6/c1-4-7-10-13-16-19-22-25-27-29-31-33-35-38-41-44-47-50-53-56-62(65)68-59-60(58-67-61(64)55-52-49-46-43-40-37-24-21-18-15-12-9-6-3)69-63(66)57-54-51-48-45-42-39-36-34-32-30-28-26-23-20-17-14-11-8-5-2/h16,19,21,24-25,27,30-33,38,41,60H,4-15,17-18,20,22-23,26,28-29,34-37,39-40,42-59H2,1-3H3/b19-16-,24-21-,27-25-,32-30-,33-31-,41-38-/t60-/m1/s1. The Morgan fingerprint density at radius 3 is 0.884 bits per heavy atom. The van der Waals surface area contributed by atoms with Gasteiger partial charge in [-0.15, -0.1) is 0 Å². The third kappa shape index (κ3) is 55.6. The normalized spacial score (nSPS) is 12.6. The minimum absolute atomic E-state index is 0.0912. The van der Waals surface area contributed by atoms with Gasteiger partial charge in [0.2, 0.25) is 0 Å². The molecule has 0 saturated heterocycles. The SMILES string of the molecule is CCCCC/C=C\C/C=C\C/C=C\C/C=C\CCCCCC(=O)OC[C@@H](COC(=O)CCCCCCC/C=C\CCCCCC)OC(=O)CCCCCCCCC/C=C\CCCCCCCCCC. The van der Waals surface area contributed by atoms with Crippen molar-refractivity contribution in [3.05, 3.63) is 72.9 Å². The molecule has 0 aliphatic rings. The van der Waals surface area contributed by atoms with Gasteiger partial charge in [0.25, 0.3) is 0 Å². The van der Waals surface area contributed by atoms with Gasteiger partial charge < -0.3 is 14.2 Å². The van der Waals surface area contributed by atoms with Crippen molar-refractivity contribution in [3.63, 3.8) is 0 Å². The van der Waals surface area contributed by atoms with Crippen LogP contribution in [0, 0.1) is 0 Å². The van der Waals surface area contributed by atoms with Crippen molar-refractivity contribution in [2.24, 2.45) is 0 Å². The lowest BCUT2D eigenvalue weighted by atomic mass is 10.1. The van der Waals surface area contributed by atoms with Crippen LogP contribution in [0.4, 0.5) is 0 Å². The fourth-order valence-corrected chi connectivity index (χ4v) is 8.18. The molecule has 0 radical (unpaired) electrons. The summed E-state index contributed by atoms with van der Waals surface area (Å²) in [5, 5.41) is 0. The quantitative estimate of drug-likeness (QED) is 0.0262. The molecular weight excluding hydrogens is 853 g/mol. The van der Waals surface area contributed by atoms with E-state index in [1.807, 2.05) is 0 Å². The second-order valence-corrected chi connectivity index (χ2v) is 19.5. The van der Waals surface area contributed by atoms with E-state index in [4.69, 9.17) is 14.2 Å². The van der Waals surface area contributed by atoms with Crippen LogP contribution in [0.5, 0.6) is 0 Å². The van der Waals surface area contributed by atoms with Gasteiger partial charge in [-0.1, -0.05) is 229 Å². The van der Waals surface area contributed by atoms with Gasteiger partial charge in [0.15, 0.2) is 6.10 Å². The van der Waals surface area contributed by atoms with Gasteiger partial charge in [0.05, 0.1) is 0 Å². The van der Waals surface area contributed by atoms with E-state index in [1.54, 1.807) is 0 Å². The molecule has 0 unspecified atom stereocenters. The predicted octanol–water partition coefficient (Wildman–Crippen LogP) is 19.8. The highest BCUT2D eigenvalue weighted by molar-refractivity contribution is 5.71. The van der Waals surface area contributed by atoms with Crippen LogP contribution < -0.4 is 0 Å². The molecule has 0 rings (SSSR count). The van der Waals surface area contributed by atoms with Crippen LogP contribution in [0.15, 0.2) is 72.9 Å². The number of esters is 3. The zero-order valence-electron chi connectivity index (χ0n) is 45.6. The number of allylic oxidation sites excluding steroid dienone is 12. The number of carbonyl (C=O) groups is 3. The van der Waals surface area contributed by atoms with Gasteiger partial charge >= 0.3 is 17.9 Å². The van der Waals surface area contributed by atoms with E-state index in [0.717, 1.165) is 89.9 Å². The Morgan fingerprint density at radius 1 is 0.290 bits per heavy atom. The predicted molar refractivity (Wildman–Crippen MR) is 298 cm³/mol. The number of hydrogen-bond donors (Lipinski definition) is 0. The zero-order valence-corrected chi connectivity index (χ0v) is 45.6. The molecular formula is C63H110O6. The van der Waals surface area contributed by atoms with Crippen LogP contribution in [0.25, 0.3) is 0 Å². The van der Waals surface area contributed by atoms with Crippen molar-refractivity contribution in [3.8, 4) is 0 Å². The molecule has 0 heterocycles.